The molecule has 4 rings (SSSR count). The van der Waals surface area contributed by atoms with E-state index in [2.05, 4.69) is 4.90 Å². The summed E-state index contributed by atoms with van der Waals surface area (Å²) >= 11 is 1.59. The highest BCUT2D eigenvalue weighted by Gasteiger charge is 2.32. The number of ketones is 1. The summed E-state index contributed by atoms with van der Waals surface area (Å²) < 4.78 is 5.93. The number of benzene rings is 1. The number of fused-ring (bicyclic) bond motifs is 1. The Morgan fingerprint density at radius 1 is 1.24 bits per heavy atom. The number of ether oxygens (including phenoxy) is 1. The molecule has 2 aliphatic rings. The van der Waals surface area contributed by atoms with Crippen molar-refractivity contribution in [3.05, 3.63) is 50.9 Å². The first-order valence-corrected chi connectivity index (χ1v) is 9.57. The summed E-state index contributed by atoms with van der Waals surface area (Å²) in [4.78, 5) is 16.0. The van der Waals surface area contributed by atoms with Crippen LogP contribution < -0.4 is 4.74 Å². The van der Waals surface area contributed by atoms with Crippen LogP contribution in [0.1, 0.15) is 45.6 Å². The van der Waals surface area contributed by atoms with Crippen molar-refractivity contribution in [3.63, 3.8) is 0 Å². The van der Waals surface area contributed by atoms with Gasteiger partial charge in [-0.25, -0.2) is 0 Å². The summed E-state index contributed by atoms with van der Waals surface area (Å²) in [5.74, 6) is 0.954. The second-order valence-corrected chi connectivity index (χ2v) is 7.63. The van der Waals surface area contributed by atoms with Crippen molar-refractivity contribution >= 4 is 23.2 Å². The van der Waals surface area contributed by atoms with Gasteiger partial charge in [0, 0.05) is 17.5 Å². The van der Waals surface area contributed by atoms with Crippen LogP contribution in [0.15, 0.2) is 29.3 Å². The third-order valence-corrected chi connectivity index (χ3v) is 5.88. The number of aromatic hydroxyl groups is 1. The van der Waals surface area contributed by atoms with Crippen LogP contribution in [0.3, 0.4) is 0 Å². The molecule has 5 heteroatoms. The summed E-state index contributed by atoms with van der Waals surface area (Å²) in [6, 6.07) is 5.30. The standard InChI is InChI=1S/C20H21NO3S/c1-13-7-10-25-18(13)11-17-19(23)14-5-6-16(22)15(20(14)24-17)12-21-8-3-2-4-9-21/h5-7,10-11,22H,2-4,8-9,12H2,1H3. The van der Waals surface area contributed by atoms with Gasteiger partial charge in [0.1, 0.15) is 11.5 Å². The highest BCUT2D eigenvalue weighted by atomic mass is 32.1. The highest BCUT2D eigenvalue weighted by Crippen LogP contribution is 2.40. The number of thiophene rings is 1. The Balaban J connectivity index is 1.67. The molecule has 2 aromatic rings. The van der Waals surface area contributed by atoms with Crippen molar-refractivity contribution in [2.45, 2.75) is 32.7 Å². The van der Waals surface area contributed by atoms with Crippen molar-refractivity contribution in [3.8, 4) is 11.5 Å². The number of nitrogens with zero attached hydrogens (tertiary/aromatic N) is 1. The van der Waals surface area contributed by atoms with Gasteiger partial charge in [0.05, 0.1) is 11.1 Å². The summed E-state index contributed by atoms with van der Waals surface area (Å²) in [5.41, 5.74) is 2.39. The molecule has 0 unspecified atom stereocenters. The molecule has 1 aromatic carbocycles. The van der Waals surface area contributed by atoms with Crippen molar-refractivity contribution in [2.75, 3.05) is 13.1 Å². The number of piperidine rings is 1. The Kier molecular flexibility index (Phi) is 4.36. The molecule has 1 N–H and O–H groups in total. The molecular weight excluding hydrogens is 334 g/mol. The fourth-order valence-electron chi connectivity index (χ4n) is 3.44. The smallest absolute Gasteiger partial charge is 0.232 e. The number of rotatable bonds is 3. The molecule has 1 fully saturated rings. The second kappa shape index (κ2) is 6.65. The van der Waals surface area contributed by atoms with E-state index in [4.69, 9.17) is 4.74 Å². The van der Waals surface area contributed by atoms with Crippen LogP contribution in [0.25, 0.3) is 6.08 Å². The number of hydrogen-bond donors (Lipinski definition) is 1. The van der Waals surface area contributed by atoms with Crippen molar-refractivity contribution in [1.29, 1.82) is 0 Å². The van der Waals surface area contributed by atoms with Gasteiger partial charge in [-0.05, 0) is 62.0 Å². The Hall–Kier alpha value is -2.11. The van der Waals surface area contributed by atoms with Gasteiger partial charge in [-0.2, -0.15) is 0 Å². The van der Waals surface area contributed by atoms with Gasteiger partial charge in [-0.15, -0.1) is 11.3 Å². The molecule has 25 heavy (non-hydrogen) atoms. The fourth-order valence-corrected chi connectivity index (χ4v) is 4.29. The van der Waals surface area contributed by atoms with Crippen LogP contribution in [0, 0.1) is 6.92 Å². The van der Waals surface area contributed by atoms with E-state index >= 15 is 0 Å². The Bertz CT molecular complexity index is 847. The lowest BCUT2D eigenvalue weighted by atomic mass is 10.0. The van der Waals surface area contributed by atoms with Gasteiger partial charge < -0.3 is 9.84 Å². The number of phenols is 1. The summed E-state index contributed by atoms with van der Waals surface area (Å²) in [6.07, 6.45) is 5.43. The van der Waals surface area contributed by atoms with Gasteiger partial charge in [-0.1, -0.05) is 6.42 Å². The van der Waals surface area contributed by atoms with Gasteiger partial charge in [0.15, 0.2) is 5.76 Å². The minimum absolute atomic E-state index is 0.109. The van der Waals surface area contributed by atoms with Crippen LogP contribution in [-0.2, 0) is 6.54 Å². The lowest BCUT2D eigenvalue weighted by Gasteiger charge is -2.27. The molecule has 0 saturated carbocycles. The highest BCUT2D eigenvalue weighted by molar-refractivity contribution is 7.11. The fraction of sp³-hybridized carbons (Fsp3) is 0.350. The number of carbonyl (C=O) groups is 1. The third-order valence-electron chi connectivity index (χ3n) is 4.91. The van der Waals surface area contributed by atoms with Crippen molar-refractivity contribution < 1.29 is 14.6 Å². The number of Topliss-reactive ketones (excluding diaryl/α,β-unsaturated/α-hetero) is 1. The topological polar surface area (TPSA) is 49.8 Å². The molecule has 0 aliphatic carbocycles. The molecule has 4 nitrogen and oxygen atoms in total. The van der Waals surface area contributed by atoms with Crippen LogP contribution in [0.5, 0.6) is 11.5 Å². The van der Waals surface area contributed by atoms with E-state index in [9.17, 15) is 9.90 Å². The number of aryl methyl sites for hydroxylation is 1. The Labute approximate surface area is 151 Å². The van der Waals surface area contributed by atoms with E-state index in [0.717, 1.165) is 29.1 Å². The summed E-state index contributed by atoms with van der Waals surface area (Å²) in [7, 11) is 0. The van der Waals surface area contributed by atoms with E-state index in [1.807, 2.05) is 24.4 Å². The third kappa shape index (κ3) is 3.10. The molecule has 0 bridgehead atoms. The lowest BCUT2D eigenvalue weighted by Crippen LogP contribution is -2.29. The molecule has 0 spiro atoms. The van der Waals surface area contributed by atoms with Crippen LogP contribution in [0.2, 0.25) is 0 Å². The Morgan fingerprint density at radius 2 is 2.04 bits per heavy atom. The lowest BCUT2D eigenvalue weighted by molar-refractivity contribution is 0.101. The summed E-state index contributed by atoms with van der Waals surface area (Å²) in [5, 5.41) is 12.3. The predicted octanol–water partition coefficient (Wildman–Crippen LogP) is 4.36. The second-order valence-electron chi connectivity index (χ2n) is 6.68. The predicted molar refractivity (Wildman–Crippen MR) is 99.2 cm³/mol. The van der Waals surface area contributed by atoms with Gasteiger partial charge >= 0.3 is 0 Å². The normalized spacial score (nSPS) is 19.2. The van der Waals surface area contributed by atoms with Crippen molar-refractivity contribution in [2.24, 2.45) is 0 Å². The first-order chi connectivity index (χ1) is 12.1. The van der Waals surface area contributed by atoms with Crippen molar-refractivity contribution in [1.82, 2.24) is 4.90 Å². The van der Waals surface area contributed by atoms with Gasteiger partial charge in [0.2, 0.25) is 5.78 Å². The van der Waals surface area contributed by atoms with Crippen LogP contribution in [0.4, 0.5) is 0 Å². The van der Waals surface area contributed by atoms with Crippen LogP contribution in [-0.4, -0.2) is 28.9 Å². The zero-order valence-electron chi connectivity index (χ0n) is 14.2. The molecular formula is C20H21NO3S. The molecule has 1 aromatic heterocycles. The minimum Gasteiger partial charge on any atom is -0.507 e. The number of hydrogen-bond acceptors (Lipinski definition) is 5. The zero-order chi connectivity index (χ0) is 17.4. The van der Waals surface area contributed by atoms with E-state index in [-0.39, 0.29) is 11.5 Å². The van der Waals surface area contributed by atoms with Gasteiger partial charge in [0.25, 0.3) is 0 Å². The maximum absolute atomic E-state index is 12.7. The number of allylic oxidation sites excluding steroid dienone is 1. The van der Waals surface area contributed by atoms with E-state index in [0.29, 0.717) is 23.6 Å². The molecule has 0 radical (unpaired) electrons. The number of phenolic OH excluding ortho intramolecular Hbond substituents is 1. The molecule has 0 amide bonds. The molecule has 1 saturated heterocycles. The van der Waals surface area contributed by atoms with Crippen LogP contribution >= 0.6 is 11.3 Å². The maximum Gasteiger partial charge on any atom is 0.232 e. The average Bonchev–Trinajstić information content (AvgIpc) is 3.16. The largest absolute Gasteiger partial charge is 0.507 e. The first kappa shape index (κ1) is 16.4. The van der Waals surface area contributed by atoms with Gasteiger partial charge in [-0.3, -0.25) is 9.69 Å². The minimum atomic E-state index is -0.109. The first-order valence-electron chi connectivity index (χ1n) is 8.69. The Morgan fingerprint density at radius 3 is 2.76 bits per heavy atom. The molecule has 130 valence electrons. The quantitative estimate of drug-likeness (QED) is 0.831. The number of carbonyl (C=O) groups excluding carboxylic acids is 1. The number of likely N-dealkylation sites (tertiary alicyclic amines) is 1. The van der Waals surface area contributed by atoms with E-state index in [1.165, 1.54) is 19.3 Å². The summed E-state index contributed by atoms with van der Waals surface area (Å²) in [6.45, 7) is 4.68. The zero-order valence-corrected chi connectivity index (χ0v) is 15.1. The van der Waals surface area contributed by atoms with E-state index < -0.39 is 0 Å². The SMILES string of the molecule is Cc1ccsc1C=C1Oc2c(ccc(O)c2CN2CCCCC2)C1=O. The maximum atomic E-state index is 12.7. The molecule has 0 atom stereocenters. The van der Waals surface area contributed by atoms with E-state index in [1.54, 1.807) is 23.5 Å². The molecule has 3 heterocycles. The monoisotopic (exact) mass is 355 g/mol. The molecule has 2 aliphatic heterocycles. The average molecular weight is 355 g/mol.